The van der Waals surface area contributed by atoms with Crippen molar-refractivity contribution in [1.29, 1.82) is 0 Å². The summed E-state index contributed by atoms with van der Waals surface area (Å²) in [5, 5.41) is 14.8. The number of hydrogen-bond acceptors (Lipinski definition) is 2. The summed E-state index contributed by atoms with van der Waals surface area (Å²) in [5.41, 5.74) is 3.32. The molecule has 0 fully saturated rings. The van der Waals surface area contributed by atoms with Gasteiger partial charge in [-0.1, -0.05) is 23.8 Å². The second-order valence-electron chi connectivity index (χ2n) is 5.86. The van der Waals surface area contributed by atoms with Gasteiger partial charge in [0, 0.05) is 17.8 Å². The van der Waals surface area contributed by atoms with Crippen LogP contribution in [0.1, 0.15) is 44.9 Å². The molecule has 0 aliphatic rings. The average molecular weight is 258 g/mol. The van der Waals surface area contributed by atoms with Crippen molar-refractivity contribution in [3.8, 4) is 11.3 Å². The third kappa shape index (κ3) is 2.71. The van der Waals surface area contributed by atoms with Crippen LogP contribution in [0, 0.1) is 6.92 Å². The highest BCUT2D eigenvalue weighted by Crippen LogP contribution is 2.33. The fourth-order valence-electron chi connectivity index (χ4n) is 2.33. The predicted molar refractivity (Wildman–Crippen MR) is 78.0 cm³/mol. The minimum Gasteiger partial charge on any atom is -0.386 e. The zero-order valence-electron chi connectivity index (χ0n) is 12.3. The molecule has 1 aromatic heterocycles. The maximum absolute atomic E-state index is 10.4. The first-order chi connectivity index (χ1) is 8.80. The highest BCUT2D eigenvalue weighted by atomic mass is 16.3. The van der Waals surface area contributed by atoms with Gasteiger partial charge in [0.2, 0.25) is 0 Å². The number of aryl methyl sites for hydroxylation is 1. The second-order valence-corrected chi connectivity index (χ2v) is 5.86. The zero-order valence-corrected chi connectivity index (χ0v) is 12.3. The zero-order chi connectivity index (χ0) is 14.2. The third-order valence-corrected chi connectivity index (χ3v) is 3.27. The first-order valence-electron chi connectivity index (χ1n) is 6.68. The lowest BCUT2D eigenvalue weighted by atomic mass is 9.90. The van der Waals surface area contributed by atoms with E-state index in [9.17, 15) is 5.11 Å². The lowest BCUT2D eigenvalue weighted by molar-refractivity contribution is 0.0791. The maximum atomic E-state index is 10.4. The maximum Gasteiger partial charge on any atom is 0.0847 e. The van der Waals surface area contributed by atoms with E-state index >= 15 is 0 Å². The van der Waals surface area contributed by atoms with E-state index in [1.54, 1.807) is 0 Å². The molecule has 0 aliphatic heterocycles. The second kappa shape index (κ2) is 4.82. The van der Waals surface area contributed by atoms with Gasteiger partial charge in [-0.25, -0.2) is 0 Å². The van der Waals surface area contributed by atoms with Crippen molar-refractivity contribution in [2.45, 2.75) is 46.3 Å². The molecule has 3 nitrogen and oxygen atoms in total. The molecule has 0 aliphatic carbocycles. The molecule has 0 saturated heterocycles. The largest absolute Gasteiger partial charge is 0.386 e. The van der Waals surface area contributed by atoms with Gasteiger partial charge >= 0.3 is 0 Å². The summed E-state index contributed by atoms with van der Waals surface area (Å²) in [5.74, 6) is 0. The summed E-state index contributed by atoms with van der Waals surface area (Å²) in [6, 6.07) is 8.48. The number of aliphatic hydroxyl groups is 1. The average Bonchev–Trinajstić information content (AvgIpc) is 2.76. The lowest BCUT2D eigenvalue weighted by Crippen LogP contribution is -2.18. The van der Waals surface area contributed by atoms with E-state index in [0.717, 1.165) is 22.4 Å². The number of aromatic nitrogens is 2. The molecule has 2 aromatic rings. The van der Waals surface area contributed by atoms with Crippen molar-refractivity contribution in [1.82, 2.24) is 9.78 Å². The molecule has 0 spiro atoms. The Morgan fingerprint density at radius 1 is 1.21 bits per heavy atom. The Balaban J connectivity index is 2.65. The molecule has 0 unspecified atom stereocenters. The molecule has 1 aromatic carbocycles. The van der Waals surface area contributed by atoms with Crippen LogP contribution in [0.3, 0.4) is 0 Å². The van der Waals surface area contributed by atoms with Gasteiger partial charge in [0.1, 0.15) is 0 Å². The molecule has 1 N–H and O–H groups in total. The number of rotatable bonds is 3. The molecule has 102 valence electrons. The van der Waals surface area contributed by atoms with Gasteiger partial charge in [0.15, 0.2) is 0 Å². The Hall–Kier alpha value is -1.61. The Morgan fingerprint density at radius 2 is 1.89 bits per heavy atom. The minimum absolute atomic E-state index is 0.293. The first-order valence-corrected chi connectivity index (χ1v) is 6.68. The molecule has 1 heterocycles. The molecule has 2 rings (SSSR count). The van der Waals surface area contributed by atoms with Crippen LogP contribution in [-0.2, 0) is 5.60 Å². The summed E-state index contributed by atoms with van der Waals surface area (Å²) in [6.45, 7) is 9.89. The fraction of sp³-hybridized carbons (Fsp3) is 0.438. The van der Waals surface area contributed by atoms with Gasteiger partial charge in [-0.3, -0.25) is 4.68 Å². The van der Waals surface area contributed by atoms with Crippen LogP contribution >= 0.6 is 0 Å². The van der Waals surface area contributed by atoms with Crippen LogP contribution in [0.4, 0.5) is 0 Å². The SMILES string of the molecule is Cc1ccc(-c2ccnn2C(C)C)c(C(C)(C)O)c1. The summed E-state index contributed by atoms with van der Waals surface area (Å²) in [6.07, 6.45) is 1.81. The van der Waals surface area contributed by atoms with E-state index in [4.69, 9.17) is 0 Å². The summed E-state index contributed by atoms with van der Waals surface area (Å²) >= 11 is 0. The topological polar surface area (TPSA) is 38.0 Å². The molecular formula is C16H22N2O. The normalized spacial score (nSPS) is 12.2. The molecule has 0 amide bonds. The number of hydrogen-bond donors (Lipinski definition) is 1. The van der Waals surface area contributed by atoms with Gasteiger partial charge in [-0.2, -0.15) is 5.10 Å². The van der Waals surface area contributed by atoms with Gasteiger partial charge in [0.25, 0.3) is 0 Å². The van der Waals surface area contributed by atoms with Crippen LogP contribution in [0.5, 0.6) is 0 Å². The van der Waals surface area contributed by atoms with Crippen molar-refractivity contribution in [2.75, 3.05) is 0 Å². The summed E-state index contributed by atoms with van der Waals surface area (Å²) < 4.78 is 1.99. The van der Waals surface area contributed by atoms with Gasteiger partial charge in [0.05, 0.1) is 11.3 Å². The highest BCUT2D eigenvalue weighted by molar-refractivity contribution is 5.66. The van der Waals surface area contributed by atoms with Crippen LogP contribution in [0.2, 0.25) is 0 Å². The monoisotopic (exact) mass is 258 g/mol. The van der Waals surface area contributed by atoms with Crippen LogP contribution in [0.25, 0.3) is 11.3 Å². The van der Waals surface area contributed by atoms with Gasteiger partial charge in [-0.15, -0.1) is 0 Å². The standard InChI is InChI=1S/C16H22N2O/c1-11(2)18-15(8-9-17-18)13-7-6-12(3)10-14(13)16(4,5)19/h6-11,19H,1-5H3. The Morgan fingerprint density at radius 3 is 2.47 bits per heavy atom. The van der Waals surface area contributed by atoms with Crippen molar-refractivity contribution < 1.29 is 5.11 Å². The van der Waals surface area contributed by atoms with Crippen molar-refractivity contribution in [2.24, 2.45) is 0 Å². The van der Waals surface area contributed by atoms with Crippen molar-refractivity contribution in [3.63, 3.8) is 0 Å². The van der Waals surface area contributed by atoms with Crippen molar-refractivity contribution >= 4 is 0 Å². The van der Waals surface area contributed by atoms with Gasteiger partial charge < -0.3 is 5.11 Å². The predicted octanol–water partition coefficient (Wildman–Crippen LogP) is 3.67. The number of nitrogens with zero attached hydrogens (tertiary/aromatic N) is 2. The van der Waals surface area contributed by atoms with E-state index in [0.29, 0.717) is 6.04 Å². The molecule has 0 radical (unpaired) electrons. The Kier molecular flexibility index (Phi) is 3.50. The van der Waals surface area contributed by atoms with E-state index in [2.05, 4.69) is 31.1 Å². The van der Waals surface area contributed by atoms with Gasteiger partial charge in [-0.05, 0) is 46.2 Å². The molecule has 0 bridgehead atoms. The molecule has 0 saturated carbocycles. The quantitative estimate of drug-likeness (QED) is 0.912. The first kappa shape index (κ1) is 13.8. The molecule has 0 atom stereocenters. The molecular weight excluding hydrogens is 236 g/mol. The van der Waals surface area contributed by atoms with E-state index in [1.807, 2.05) is 43.8 Å². The minimum atomic E-state index is -0.868. The van der Waals surface area contributed by atoms with Crippen LogP contribution < -0.4 is 0 Å². The molecule has 3 heteroatoms. The van der Waals surface area contributed by atoms with E-state index in [-0.39, 0.29) is 0 Å². The van der Waals surface area contributed by atoms with Crippen LogP contribution in [-0.4, -0.2) is 14.9 Å². The molecule has 19 heavy (non-hydrogen) atoms. The lowest BCUT2D eigenvalue weighted by Gasteiger charge is -2.23. The fourth-order valence-corrected chi connectivity index (χ4v) is 2.33. The van der Waals surface area contributed by atoms with E-state index < -0.39 is 5.60 Å². The van der Waals surface area contributed by atoms with E-state index in [1.165, 1.54) is 0 Å². The Labute approximate surface area is 114 Å². The Bertz CT molecular complexity index is 577. The summed E-state index contributed by atoms with van der Waals surface area (Å²) in [4.78, 5) is 0. The van der Waals surface area contributed by atoms with Crippen LogP contribution in [0.15, 0.2) is 30.5 Å². The highest BCUT2D eigenvalue weighted by Gasteiger charge is 2.22. The van der Waals surface area contributed by atoms with Crippen molar-refractivity contribution in [3.05, 3.63) is 41.6 Å². The number of benzene rings is 1. The smallest absolute Gasteiger partial charge is 0.0847 e. The summed E-state index contributed by atoms with van der Waals surface area (Å²) in [7, 11) is 0. The third-order valence-electron chi connectivity index (χ3n) is 3.27.